The fourth-order valence-corrected chi connectivity index (χ4v) is 9.80. The van der Waals surface area contributed by atoms with E-state index in [9.17, 15) is 0 Å². The summed E-state index contributed by atoms with van der Waals surface area (Å²) < 4.78 is 6.54. The Kier molecular flexibility index (Phi) is 6.98. The molecule has 1 aromatic heterocycles. The molecule has 0 atom stereocenters. The summed E-state index contributed by atoms with van der Waals surface area (Å²) in [5.41, 5.74) is 20.1. The highest BCUT2D eigenvalue weighted by atomic mass is 16.3. The second kappa shape index (κ2) is 11.9. The zero-order valence-corrected chi connectivity index (χ0v) is 32.1. The van der Waals surface area contributed by atoms with Crippen molar-refractivity contribution in [3.63, 3.8) is 0 Å². The Morgan fingerprint density at radius 1 is 0.464 bits per heavy atom. The quantitative estimate of drug-likeness (QED) is 0.180. The number of hydrogen-bond donors (Lipinski definition) is 0. The predicted molar refractivity (Wildman–Crippen MR) is 234 cm³/mol. The monoisotopic (exact) mass is 719 g/mol. The van der Waals surface area contributed by atoms with Crippen molar-refractivity contribution in [1.29, 1.82) is 0 Å². The molecule has 0 saturated heterocycles. The van der Waals surface area contributed by atoms with Crippen molar-refractivity contribution >= 4 is 39.0 Å². The van der Waals surface area contributed by atoms with Crippen molar-refractivity contribution in [3.8, 4) is 33.4 Å². The van der Waals surface area contributed by atoms with E-state index in [0.717, 1.165) is 33.6 Å². The maximum absolute atomic E-state index is 6.54. The van der Waals surface area contributed by atoms with Crippen molar-refractivity contribution < 1.29 is 4.42 Å². The summed E-state index contributed by atoms with van der Waals surface area (Å²) in [5, 5.41) is 2.34. The van der Waals surface area contributed by atoms with Gasteiger partial charge in [0.05, 0.1) is 5.41 Å². The number of furan rings is 1. The third-order valence-electron chi connectivity index (χ3n) is 12.4. The van der Waals surface area contributed by atoms with Crippen LogP contribution in [-0.2, 0) is 10.8 Å². The number of hydrogen-bond acceptors (Lipinski definition) is 2. The van der Waals surface area contributed by atoms with Crippen LogP contribution in [0, 0.1) is 6.92 Å². The molecule has 2 aliphatic carbocycles. The molecule has 0 aliphatic heterocycles. The molecular weight excluding hydrogens is 679 g/mol. The summed E-state index contributed by atoms with van der Waals surface area (Å²) >= 11 is 0. The summed E-state index contributed by atoms with van der Waals surface area (Å²) in [7, 11) is 0. The normalized spacial score (nSPS) is 13.5. The standard InChI is InChI=1S/C54H41NO/c1-34-22-25-38(32-44(34)35-14-6-5-7-15-35)55(37-26-23-36(24-27-37)53(2,3)4)39-28-29-42-48(33-39)54(45-19-11-8-16-40(45)41-17-9-12-20-46(41)54)47-30-31-50-52(51(42)47)43-18-10-13-21-49(43)56-50/h5-33H,1-4H3. The maximum atomic E-state index is 6.54. The Morgan fingerprint density at radius 2 is 1.09 bits per heavy atom. The van der Waals surface area contributed by atoms with Gasteiger partial charge in [0.2, 0.25) is 0 Å². The third kappa shape index (κ3) is 4.56. The van der Waals surface area contributed by atoms with Crippen LogP contribution in [-0.4, -0.2) is 0 Å². The van der Waals surface area contributed by atoms with Gasteiger partial charge in [-0.3, -0.25) is 0 Å². The van der Waals surface area contributed by atoms with Crippen LogP contribution in [0.3, 0.4) is 0 Å². The average Bonchev–Trinajstić information content (AvgIpc) is 3.85. The van der Waals surface area contributed by atoms with Crippen LogP contribution in [0.2, 0.25) is 0 Å². The predicted octanol–water partition coefficient (Wildman–Crippen LogP) is 14.7. The molecular formula is C54H41NO. The van der Waals surface area contributed by atoms with Crippen LogP contribution in [0.1, 0.15) is 54.2 Å². The first-order chi connectivity index (χ1) is 27.3. The highest BCUT2D eigenvalue weighted by molar-refractivity contribution is 6.16. The van der Waals surface area contributed by atoms with Gasteiger partial charge in [0.1, 0.15) is 11.2 Å². The lowest BCUT2D eigenvalue weighted by Gasteiger charge is -2.32. The van der Waals surface area contributed by atoms with Crippen LogP contribution < -0.4 is 4.90 Å². The molecule has 0 N–H and O–H groups in total. The SMILES string of the molecule is Cc1ccc(N(c2ccc(C(C)(C)C)cc2)c2ccc3c(c2)C2(c4ccccc4-c4ccccc42)c2ccc4oc5ccccc5c4c2-3)cc1-c1ccccc1. The average molecular weight is 720 g/mol. The molecule has 0 saturated carbocycles. The summed E-state index contributed by atoms with van der Waals surface area (Å²) in [6.07, 6.45) is 0. The number of aryl methyl sites for hydroxylation is 1. The third-order valence-corrected chi connectivity index (χ3v) is 12.4. The molecule has 0 fully saturated rings. The molecule has 1 heterocycles. The summed E-state index contributed by atoms with van der Waals surface area (Å²) in [4.78, 5) is 2.45. The minimum atomic E-state index is -0.509. The lowest BCUT2D eigenvalue weighted by Crippen LogP contribution is -2.26. The van der Waals surface area contributed by atoms with E-state index >= 15 is 0 Å². The molecule has 8 aromatic carbocycles. The van der Waals surface area contributed by atoms with E-state index in [1.165, 1.54) is 72.1 Å². The fourth-order valence-electron chi connectivity index (χ4n) is 9.80. The molecule has 268 valence electrons. The van der Waals surface area contributed by atoms with Gasteiger partial charge in [-0.15, -0.1) is 0 Å². The molecule has 1 spiro atoms. The first kappa shape index (κ1) is 32.8. The van der Waals surface area contributed by atoms with Gasteiger partial charge in [-0.25, -0.2) is 0 Å². The smallest absolute Gasteiger partial charge is 0.136 e. The number of benzene rings is 8. The molecule has 0 amide bonds. The lowest BCUT2D eigenvalue weighted by atomic mass is 9.70. The lowest BCUT2D eigenvalue weighted by molar-refractivity contribution is 0.590. The molecule has 2 aliphatic rings. The van der Waals surface area contributed by atoms with Crippen LogP contribution >= 0.6 is 0 Å². The number of nitrogens with zero attached hydrogens (tertiary/aromatic N) is 1. The number of fused-ring (bicyclic) bond motifs is 14. The highest BCUT2D eigenvalue weighted by Gasteiger charge is 2.52. The molecule has 0 radical (unpaired) electrons. The summed E-state index contributed by atoms with van der Waals surface area (Å²) in [6.45, 7) is 9.04. The van der Waals surface area contributed by atoms with Gasteiger partial charge in [-0.2, -0.15) is 0 Å². The van der Waals surface area contributed by atoms with Gasteiger partial charge >= 0.3 is 0 Å². The second-order valence-electron chi connectivity index (χ2n) is 16.5. The zero-order valence-electron chi connectivity index (χ0n) is 32.1. The first-order valence-corrected chi connectivity index (χ1v) is 19.7. The van der Waals surface area contributed by atoms with E-state index in [-0.39, 0.29) is 5.41 Å². The van der Waals surface area contributed by atoms with Gasteiger partial charge in [-0.1, -0.05) is 148 Å². The zero-order chi connectivity index (χ0) is 37.8. The molecule has 2 nitrogen and oxygen atoms in total. The topological polar surface area (TPSA) is 16.4 Å². The molecule has 9 aromatic rings. The largest absolute Gasteiger partial charge is 0.456 e. The number of rotatable bonds is 4. The number of anilines is 3. The van der Waals surface area contributed by atoms with Crippen LogP contribution in [0.15, 0.2) is 180 Å². The molecule has 0 unspecified atom stereocenters. The molecule has 0 bridgehead atoms. The number of para-hydroxylation sites is 1. The van der Waals surface area contributed by atoms with Gasteiger partial charge in [0, 0.05) is 27.8 Å². The minimum Gasteiger partial charge on any atom is -0.456 e. The summed E-state index contributed by atoms with van der Waals surface area (Å²) in [6, 6.07) is 65.2. The second-order valence-corrected chi connectivity index (χ2v) is 16.5. The Hall–Kier alpha value is -6.64. The van der Waals surface area contributed by atoms with Crippen molar-refractivity contribution in [2.24, 2.45) is 0 Å². The van der Waals surface area contributed by atoms with Crippen molar-refractivity contribution in [3.05, 3.63) is 209 Å². The van der Waals surface area contributed by atoms with Crippen molar-refractivity contribution in [2.75, 3.05) is 4.90 Å². The molecule has 2 heteroatoms. The van der Waals surface area contributed by atoms with E-state index in [4.69, 9.17) is 4.42 Å². The Bertz CT molecular complexity index is 2970. The Balaban J connectivity index is 1.22. The van der Waals surface area contributed by atoms with Gasteiger partial charge in [-0.05, 0) is 128 Å². The highest BCUT2D eigenvalue weighted by Crippen LogP contribution is 2.65. The molecule has 56 heavy (non-hydrogen) atoms. The van der Waals surface area contributed by atoms with E-state index in [2.05, 4.69) is 209 Å². The Labute approximate surface area is 328 Å². The molecule has 11 rings (SSSR count). The van der Waals surface area contributed by atoms with Gasteiger partial charge < -0.3 is 9.32 Å². The van der Waals surface area contributed by atoms with Crippen LogP contribution in [0.5, 0.6) is 0 Å². The maximum Gasteiger partial charge on any atom is 0.136 e. The van der Waals surface area contributed by atoms with Gasteiger partial charge in [0.15, 0.2) is 0 Å². The van der Waals surface area contributed by atoms with Crippen LogP contribution in [0.4, 0.5) is 17.1 Å². The minimum absolute atomic E-state index is 0.0469. The van der Waals surface area contributed by atoms with Crippen molar-refractivity contribution in [2.45, 2.75) is 38.5 Å². The van der Waals surface area contributed by atoms with E-state index in [1.807, 2.05) is 0 Å². The first-order valence-electron chi connectivity index (χ1n) is 19.7. The fraction of sp³-hybridized carbons (Fsp3) is 0.111. The summed E-state index contributed by atoms with van der Waals surface area (Å²) in [5.74, 6) is 0. The Morgan fingerprint density at radius 3 is 1.82 bits per heavy atom. The van der Waals surface area contributed by atoms with E-state index in [1.54, 1.807) is 0 Å². The van der Waals surface area contributed by atoms with Crippen LogP contribution in [0.25, 0.3) is 55.3 Å². The van der Waals surface area contributed by atoms with E-state index < -0.39 is 5.41 Å². The van der Waals surface area contributed by atoms with E-state index in [0.29, 0.717) is 0 Å². The van der Waals surface area contributed by atoms with Gasteiger partial charge in [0.25, 0.3) is 0 Å². The van der Waals surface area contributed by atoms with Crippen molar-refractivity contribution in [1.82, 2.24) is 0 Å².